The number of rotatable bonds is 5. The largest absolute Gasteiger partial charge is 0.371 e. The number of amides is 1. The van der Waals surface area contributed by atoms with Crippen LogP contribution >= 0.6 is 0 Å². The Morgan fingerprint density at radius 3 is 2.97 bits per heavy atom. The van der Waals surface area contributed by atoms with Crippen LogP contribution in [0, 0.1) is 0 Å². The summed E-state index contributed by atoms with van der Waals surface area (Å²) in [5, 5.41) is 2.89. The maximum Gasteiger partial charge on any atom is 0.257 e. The average molecular weight is 397 g/mol. The number of benzene rings is 2. The Morgan fingerprint density at radius 2 is 2.13 bits per heavy atom. The third-order valence-corrected chi connectivity index (χ3v) is 5.51. The Balaban J connectivity index is 1.48. The van der Waals surface area contributed by atoms with Gasteiger partial charge < -0.3 is 15.2 Å². The van der Waals surface area contributed by atoms with Crippen LogP contribution in [0.25, 0.3) is 22.4 Å². The number of carbonyl (C=O) groups is 1. The van der Waals surface area contributed by atoms with Gasteiger partial charge in [0, 0.05) is 30.5 Å². The molecule has 0 radical (unpaired) electrons. The lowest BCUT2D eigenvalue weighted by molar-refractivity contribution is 0.102. The van der Waals surface area contributed by atoms with E-state index in [-0.39, 0.29) is 5.91 Å². The Labute approximate surface area is 175 Å². The smallest absolute Gasteiger partial charge is 0.257 e. The van der Waals surface area contributed by atoms with E-state index >= 15 is 0 Å². The van der Waals surface area contributed by atoms with Crippen molar-refractivity contribution in [3.8, 4) is 11.4 Å². The number of carbonyl (C=O) groups excluding carboxylic acids is 1. The molecule has 2 aromatic carbocycles. The number of hydrogen-bond acceptors (Lipinski definition) is 4. The van der Waals surface area contributed by atoms with Gasteiger partial charge in [0.15, 0.2) is 0 Å². The summed E-state index contributed by atoms with van der Waals surface area (Å²) in [6, 6.07) is 15.7. The van der Waals surface area contributed by atoms with Gasteiger partial charge in [0.05, 0.1) is 23.0 Å². The van der Waals surface area contributed by atoms with Crippen LogP contribution in [0.1, 0.15) is 29.3 Å². The van der Waals surface area contributed by atoms with E-state index < -0.39 is 0 Å². The van der Waals surface area contributed by atoms with E-state index in [0.717, 1.165) is 42.8 Å². The van der Waals surface area contributed by atoms with E-state index in [9.17, 15) is 4.79 Å². The van der Waals surface area contributed by atoms with E-state index in [4.69, 9.17) is 4.98 Å². The van der Waals surface area contributed by atoms with Crippen LogP contribution in [0.15, 0.2) is 60.9 Å². The SMILES string of the molecule is CCCN1CCc2cc(-c3nc4c(C(=O)Nc5cccnc5)cccc4[nH]3)ccc21. The molecular formula is C24H23N5O. The van der Waals surface area contributed by atoms with Crippen LogP contribution in [0.5, 0.6) is 0 Å². The minimum Gasteiger partial charge on any atom is -0.371 e. The summed E-state index contributed by atoms with van der Waals surface area (Å²) in [4.78, 5) is 27.5. The summed E-state index contributed by atoms with van der Waals surface area (Å²) in [6.07, 6.45) is 5.51. The number of aromatic nitrogens is 3. The highest BCUT2D eigenvalue weighted by Crippen LogP contribution is 2.32. The van der Waals surface area contributed by atoms with E-state index in [2.05, 4.69) is 45.3 Å². The van der Waals surface area contributed by atoms with Crippen molar-refractivity contribution in [2.45, 2.75) is 19.8 Å². The number of hydrogen-bond donors (Lipinski definition) is 2. The minimum atomic E-state index is -0.198. The van der Waals surface area contributed by atoms with Crippen molar-refractivity contribution in [3.63, 3.8) is 0 Å². The van der Waals surface area contributed by atoms with Crippen molar-refractivity contribution < 1.29 is 4.79 Å². The quantitative estimate of drug-likeness (QED) is 0.514. The van der Waals surface area contributed by atoms with Gasteiger partial charge in [-0.05, 0) is 60.9 Å². The number of pyridine rings is 1. The number of imidazole rings is 1. The molecule has 0 atom stereocenters. The van der Waals surface area contributed by atoms with Gasteiger partial charge in [-0.3, -0.25) is 9.78 Å². The van der Waals surface area contributed by atoms with Crippen molar-refractivity contribution in [3.05, 3.63) is 72.1 Å². The second kappa shape index (κ2) is 7.63. The first-order valence-corrected chi connectivity index (χ1v) is 10.3. The van der Waals surface area contributed by atoms with Crippen LogP contribution in [-0.2, 0) is 6.42 Å². The Kier molecular flexibility index (Phi) is 4.67. The molecule has 0 unspecified atom stereocenters. The van der Waals surface area contributed by atoms with Crippen molar-refractivity contribution in [1.82, 2.24) is 15.0 Å². The third-order valence-electron chi connectivity index (χ3n) is 5.51. The zero-order valence-corrected chi connectivity index (χ0v) is 16.9. The number of fused-ring (bicyclic) bond motifs is 2. The highest BCUT2D eigenvalue weighted by molar-refractivity contribution is 6.11. The Bertz CT molecular complexity index is 1210. The van der Waals surface area contributed by atoms with Gasteiger partial charge in [0.2, 0.25) is 0 Å². The van der Waals surface area contributed by atoms with Gasteiger partial charge >= 0.3 is 0 Å². The second-order valence-electron chi connectivity index (χ2n) is 7.56. The van der Waals surface area contributed by atoms with Gasteiger partial charge in [0.1, 0.15) is 11.3 Å². The van der Waals surface area contributed by atoms with Crippen LogP contribution in [0.2, 0.25) is 0 Å². The maximum atomic E-state index is 12.8. The first-order valence-electron chi connectivity index (χ1n) is 10.3. The average Bonchev–Trinajstić information content (AvgIpc) is 3.38. The van der Waals surface area contributed by atoms with Crippen LogP contribution in [0.3, 0.4) is 0 Å². The predicted molar refractivity (Wildman–Crippen MR) is 120 cm³/mol. The van der Waals surface area contributed by atoms with E-state index in [1.54, 1.807) is 24.5 Å². The molecule has 3 heterocycles. The molecule has 6 heteroatoms. The summed E-state index contributed by atoms with van der Waals surface area (Å²) in [6.45, 7) is 4.38. The number of anilines is 2. The topological polar surface area (TPSA) is 73.9 Å². The molecule has 150 valence electrons. The van der Waals surface area contributed by atoms with Gasteiger partial charge in [-0.15, -0.1) is 0 Å². The van der Waals surface area contributed by atoms with Crippen LogP contribution in [-0.4, -0.2) is 33.9 Å². The second-order valence-corrected chi connectivity index (χ2v) is 7.56. The summed E-state index contributed by atoms with van der Waals surface area (Å²) in [7, 11) is 0. The zero-order valence-electron chi connectivity index (χ0n) is 16.9. The van der Waals surface area contributed by atoms with Crippen molar-refractivity contribution >= 4 is 28.3 Å². The molecule has 6 nitrogen and oxygen atoms in total. The summed E-state index contributed by atoms with van der Waals surface area (Å²) >= 11 is 0. The Morgan fingerprint density at radius 1 is 1.20 bits per heavy atom. The number of H-pyrrole nitrogens is 1. The monoisotopic (exact) mass is 397 g/mol. The molecule has 1 amide bonds. The molecule has 0 spiro atoms. The fraction of sp³-hybridized carbons (Fsp3) is 0.208. The normalized spacial score (nSPS) is 12.9. The highest BCUT2D eigenvalue weighted by Gasteiger charge is 2.20. The predicted octanol–water partition coefficient (Wildman–Crippen LogP) is 4.65. The molecule has 0 aliphatic carbocycles. The summed E-state index contributed by atoms with van der Waals surface area (Å²) in [5.41, 5.74) is 6.43. The fourth-order valence-corrected chi connectivity index (χ4v) is 4.11. The lowest BCUT2D eigenvalue weighted by atomic mass is 10.1. The molecule has 0 saturated carbocycles. The summed E-state index contributed by atoms with van der Waals surface area (Å²) < 4.78 is 0. The zero-order chi connectivity index (χ0) is 20.5. The number of para-hydroxylation sites is 1. The maximum absolute atomic E-state index is 12.8. The van der Waals surface area contributed by atoms with E-state index in [0.29, 0.717) is 16.8 Å². The molecule has 2 aromatic heterocycles. The van der Waals surface area contributed by atoms with Crippen molar-refractivity contribution in [2.75, 3.05) is 23.3 Å². The third kappa shape index (κ3) is 3.30. The van der Waals surface area contributed by atoms with Gasteiger partial charge in [-0.25, -0.2) is 4.98 Å². The van der Waals surface area contributed by atoms with Gasteiger partial charge in [-0.2, -0.15) is 0 Å². The number of nitrogens with zero attached hydrogens (tertiary/aromatic N) is 3. The Hall–Kier alpha value is -3.67. The van der Waals surface area contributed by atoms with Crippen LogP contribution in [0.4, 0.5) is 11.4 Å². The van der Waals surface area contributed by atoms with Crippen LogP contribution < -0.4 is 10.2 Å². The molecule has 1 aliphatic rings. The molecule has 30 heavy (non-hydrogen) atoms. The molecule has 0 saturated heterocycles. The van der Waals surface area contributed by atoms with Crippen molar-refractivity contribution in [2.24, 2.45) is 0 Å². The molecule has 0 bridgehead atoms. The fourth-order valence-electron chi connectivity index (χ4n) is 4.11. The molecule has 1 aliphatic heterocycles. The number of aromatic amines is 1. The molecule has 5 rings (SSSR count). The van der Waals surface area contributed by atoms with Crippen molar-refractivity contribution in [1.29, 1.82) is 0 Å². The molecule has 4 aromatic rings. The number of nitrogens with one attached hydrogen (secondary N) is 2. The molecule has 2 N–H and O–H groups in total. The van der Waals surface area contributed by atoms with Gasteiger partial charge in [0.25, 0.3) is 5.91 Å². The molecule has 0 fully saturated rings. The lowest BCUT2D eigenvalue weighted by Crippen LogP contribution is -2.20. The minimum absolute atomic E-state index is 0.198. The summed E-state index contributed by atoms with van der Waals surface area (Å²) in [5.74, 6) is 0.583. The first kappa shape index (κ1) is 18.4. The highest BCUT2D eigenvalue weighted by atomic mass is 16.1. The standard InChI is InChI=1S/C24H23N5O/c1-2-12-29-13-10-16-14-17(8-9-21(16)29)23-27-20-7-3-6-19(22(20)28-23)24(30)26-18-5-4-11-25-15-18/h3-9,11,14-15H,2,10,12-13H2,1H3,(H,26,30)(H,27,28). The molecular weight excluding hydrogens is 374 g/mol. The first-order chi connectivity index (χ1) is 14.7. The van der Waals surface area contributed by atoms with Gasteiger partial charge in [-0.1, -0.05) is 13.0 Å². The van der Waals surface area contributed by atoms with E-state index in [1.807, 2.05) is 18.2 Å². The van der Waals surface area contributed by atoms with E-state index in [1.165, 1.54) is 11.3 Å². The lowest BCUT2D eigenvalue weighted by Gasteiger charge is -2.18.